The second-order valence-electron chi connectivity index (χ2n) is 12.4. The van der Waals surface area contributed by atoms with Crippen molar-refractivity contribution in [2.24, 2.45) is 0 Å². The Morgan fingerprint density at radius 2 is 0.627 bits per heavy atom. The Hall–Kier alpha value is -6.98. The number of nitrogens with zero attached hydrogens (tertiary/aromatic N) is 5. The summed E-state index contributed by atoms with van der Waals surface area (Å²) in [5.41, 5.74) is 12.5. The molecule has 0 saturated heterocycles. The third-order valence-electron chi connectivity index (χ3n) is 9.13. The van der Waals surface area contributed by atoms with Crippen LogP contribution in [0.5, 0.6) is 0 Å². The van der Waals surface area contributed by atoms with E-state index in [1.807, 2.05) is 60.7 Å². The van der Waals surface area contributed by atoms with Gasteiger partial charge >= 0.3 is 0 Å². The highest BCUT2D eigenvalue weighted by Crippen LogP contribution is 2.34. The average molecular weight is 654 g/mol. The summed E-state index contributed by atoms with van der Waals surface area (Å²) in [6.07, 6.45) is 2.07. The highest BCUT2D eigenvalue weighted by Gasteiger charge is 2.16. The van der Waals surface area contributed by atoms with Crippen molar-refractivity contribution in [2.45, 2.75) is 0 Å². The number of imidazole rings is 1. The number of benzene rings is 6. The van der Waals surface area contributed by atoms with Crippen LogP contribution in [0.4, 0.5) is 0 Å². The Balaban J connectivity index is 1.04. The molecular formula is C46H31N5. The maximum atomic E-state index is 5.03. The highest BCUT2D eigenvalue weighted by atomic mass is 15.0. The molecule has 0 fully saturated rings. The first kappa shape index (κ1) is 30.1. The van der Waals surface area contributed by atoms with Gasteiger partial charge in [-0.15, -0.1) is 0 Å². The van der Waals surface area contributed by atoms with Crippen molar-refractivity contribution >= 4 is 5.65 Å². The lowest BCUT2D eigenvalue weighted by atomic mass is 9.99. The van der Waals surface area contributed by atoms with E-state index in [1.54, 1.807) is 0 Å². The first-order valence-electron chi connectivity index (χ1n) is 17.0. The predicted octanol–water partition coefficient (Wildman–Crippen LogP) is 11.2. The van der Waals surface area contributed by atoms with Crippen LogP contribution in [0.15, 0.2) is 188 Å². The third-order valence-corrected chi connectivity index (χ3v) is 9.13. The van der Waals surface area contributed by atoms with Crippen molar-refractivity contribution in [1.82, 2.24) is 24.3 Å². The van der Waals surface area contributed by atoms with E-state index in [0.717, 1.165) is 61.5 Å². The van der Waals surface area contributed by atoms with E-state index in [-0.39, 0.29) is 0 Å². The van der Waals surface area contributed by atoms with E-state index in [1.165, 1.54) is 5.56 Å². The van der Waals surface area contributed by atoms with Crippen molar-refractivity contribution < 1.29 is 0 Å². The minimum Gasteiger partial charge on any atom is -0.299 e. The second kappa shape index (κ2) is 13.1. The van der Waals surface area contributed by atoms with Crippen molar-refractivity contribution in [3.05, 3.63) is 188 Å². The van der Waals surface area contributed by atoms with E-state index in [9.17, 15) is 0 Å². The van der Waals surface area contributed by atoms with E-state index in [2.05, 4.69) is 132 Å². The molecule has 0 aliphatic carbocycles. The monoisotopic (exact) mass is 653 g/mol. The molecule has 3 heterocycles. The van der Waals surface area contributed by atoms with E-state index in [0.29, 0.717) is 17.5 Å². The zero-order valence-corrected chi connectivity index (χ0v) is 27.6. The number of hydrogen-bond donors (Lipinski definition) is 0. The molecule has 51 heavy (non-hydrogen) atoms. The summed E-state index contributed by atoms with van der Waals surface area (Å²) >= 11 is 0. The molecule has 0 aliphatic heterocycles. The van der Waals surface area contributed by atoms with Crippen LogP contribution in [-0.4, -0.2) is 24.3 Å². The average Bonchev–Trinajstić information content (AvgIpc) is 3.62. The molecule has 0 aliphatic rings. The molecule has 0 unspecified atom stereocenters. The number of aromatic nitrogens is 5. The summed E-state index contributed by atoms with van der Waals surface area (Å²) in [7, 11) is 0. The van der Waals surface area contributed by atoms with Crippen LogP contribution in [0, 0.1) is 0 Å². The predicted molar refractivity (Wildman–Crippen MR) is 207 cm³/mol. The summed E-state index contributed by atoms with van der Waals surface area (Å²) in [5.74, 6) is 1.91. The summed E-state index contributed by atoms with van der Waals surface area (Å²) in [4.78, 5) is 19.8. The molecule has 9 aromatic rings. The van der Waals surface area contributed by atoms with Gasteiger partial charge in [0.05, 0.1) is 11.4 Å². The molecule has 0 N–H and O–H groups in total. The molecule has 0 saturated carbocycles. The fraction of sp³-hybridized carbons (Fsp3) is 0. The van der Waals surface area contributed by atoms with Gasteiger partial charge < -0.3 is 0 Å². The quantitative estimate of drug-likeness (QED) is 0.172. The lowest BCUT2D eigenvalue weighted by Gasteiger charge is -2.10. The minimum absolute atomic E-state index is 0.633. The van der Waals surface area contributed by atoms with Gasteiger partial charge in [-0.3, -0.25) is 4.40 Å². The SMILES string of the molecule is c1ccc(-c2ccc(-c3nc(-c4ccccc4)nc(-c4ccc(-c5ccc(-c6nc7ccccn7c6-c6ccccc6)cc5)cc4)n3)cc2)cc1. The zero-order valence-electron chi connectivity index (χ0n) is 27.6. The molecule has 5 heteroatoms. The molecule has 5 nitrogen and oxygen atoms in total. The highest BCUT2D eigenvalue weighted by molar-refractivity contribution is 5.83. The van der Waals surface area contributed by atoms with Crippen molar-refractivity contribution in [2.75, 3.05) is 0 Å². The number of pyridine rings is 1. The van der Waals surface area contributed by atoms with Crippen LogP contribution >= 0.6 is 0 Å². The minimum atomic E-state index is 0.633. The molecule has 0 bridgehead atoms. The van der Waals surface area contributed by atoms with Gasteiger partial charge in [-0.05, 0) is 34.4 Å². The van der Waals surface area contributed by atoms with Crippen molar-refractivity contribution in [3.8, 4) is 78.9 Å². The first-order chi connectivity index (χ1) is 25.3. The fourth-order valence-electron chi connectivity index (χ4n) is 6.49. The van der Waals surface area contributed by atoms with E-state index in [4.69, 9.17) is 19.9 Å². The van der Waals surface area contributed by atoms with Crippen LogP contribution in [-0.2, 0) is 0 Å². The Kier molecular flexibility index (Phi) is 7.76. The summed E-state index contributed by atoms with van der Waals surface area (Å²) in [6.45, 7) is 0. The summed E-state index contributed by atoms with van der Waals surface area (Å²) in [5, 5.41) is 0. The maximum absolute atomic E-state index is 5.03. The molecule has 240 valence electrons. The topological polar surface area (TPSA) is 56.0 Å². The molecule has 0 radical (unpaired) electrons. The Labute approximate surface area is 296 Å². The van der Waals surface area contributed by atoms with Gasteiger partial charge in [-0.25, -0.2) is 19.9 Å². The summed E-state index contributed by atoms with van der Waals surface area (Å²) in [6, 6.07) is 62.5. The van der Waals surface area contributed by atoms with Crippen LogP contribution < -0.4 is 0 Å². The molecule has 9 rings (SSSR count). The van der Waals surface area contributed by atoms with Crippen LogP contribution in [0.3, 0.4) is 0 Å². The molecular weight excluding hydrogens is 623 g/mol. The van der Waals surface area contributed by atoms with Gasteiger partial charge in [0.15, 0.2) is 17.5 Å². The smallest absolute Gasteiger partial charge is 0.164 e. The molecule has 3 aromatic heterocycles. The molecule has 6 aromatic carbocycles. The molecule has 0 amide bonds. The number of fused-ring (bicyclic) bond motifs is 1. The molecule has 0 spiro atoms. The standard InChI is InChI=1S/C46H31N5/c1-4-12-32(13-5-1)33-21-27-39(28-22-33)45-48-44(38-16-8-3-9-17-38)49-46(50-45)40-29-23-35(24-30-40)34-19-25-36(26-20-34)42-43(37-14-6-2-7-15-37)51-31-11-10-18-41(51)47-42/h1-31H. The zero-order chi connectivity index (χ0) is 34.0. The maximum Gasteiger partial charge on any atom is 0.164 e. The van der Waals surface area contributed by atoms with Gasteiger partial charge in [-0.1, -0.05) is 170 Å². The lowest BCUT2D eigenvalue weighted by molar-refractivity contribution is 1.07. The van der Waals surface area contributed by atoms with Gasteiger partial charge in [0.25, 0.3) is 0 Å². The van der Waals surface area contributed by atoms with Crippen LogP contribution in [0.2, 0.25) is 0 Å². The molecule has 0 atom stereocenters. The van der Waals surface area contributed by atoms with Gasteiger partial charge in [-0.2, -0.15) is 0 Å². The Morgan fingerprint density at radius 1 is 0.275 bits per heavy atom. The number of rotatable bonds is 7. The van der Waals surface area contributed by atoms with E-state index < -0.39 is 0 Å². The third kappa shape index (κ3) is 5.98. The normalized spacial score (nSPS) is 11.1. The fourth-order valence-corrected chi connectivity index (χ4v) is 6.49. The largest absolute Gasteiger partial charge is 0.299 e. The van der Waals surface area contributed by atoms with E-state index >= 15 is 0 Å². The first-order valence-corrected chi connectivity index (χ1v) is 17.0. The number of hydrogen-bond acceptors (Lipinski definition) is 4. The van der Waals surface area contributed by atoms with Gasteiger partial charge in [0.2, 0.25) is 0 Å². The van der Waals surface area contributed by atoms with Crippen molar-refractivity contribution in [1.29, 1.82) is 0 Å². The second-order valence-corrected chi connectivity index (χ2v) is 12.4. The lowest BCUT2D eigenvalue weighted by Crippen LogP contribution is -2.00. The van der Waals surface area contributed by atoms with Crippen LogP contribution in [0.1, 0.15) is 0 Å². The van der Waals surface area contributed by atoms with Crippen LogP contribution in [0.25, 0.3) is 84.6 Å². The summed E-state index contributed by atoms with van der Waals surface area (Å²) < 4.78 is 2.16. The van der Waals surface area contributed by atoms with Gasteiger partial charge in [0.1, 0.15) is 5.65 Å². The Bertz CT molecular complexity index is 2580. The van der Waals surface area contributed by atoms with Gasteiger partial charge in [0, 0.05) is 34.0 Å². The van der Waals surface area contributed by atoms with Crippen molar-refractivity contribution in [3.63, 3.8) is 0 Å². The Morgan fingerprint density at radius 3 is 1.12 bits per heavy atom.